The van der Waals surface area contributed by atoms with Gasteiger partial charge in [-0.2, -0.15) is 11.8 Å². The second-order valence-corrected chi connectivity index (χ2v) is 6.56. The minimum Gasteiger partial charge on any atom is -0.369 e. The van der Waals surface area contributed by atoms with Gasteiger partial charge < -0.3 is 10.3 Å². The Morgan fingerprint density at radius 3 is 2.84 bits per heavy atom. The van der Waals surface area contributed by atoms with E-state index >= 15 is 0 Å². The van der Waals surface area contributed by atoms with Crippen molar-refractivity contribution < 1.29 is 0 Å². The van der Waals surface area contributed by atoms with Crippen molar-refractivity contribution in [2.45, 2.75) is 32.2 Å². The highest BCUT2D eigenvalue weighted by Crippen LogP contribution is 2.22. The van der Waals surface area contributed by atoms with Crippen LogP contribution in [0.15, 0.2) is 22.7 Å². The smallest absolute Gasteiger partial charge is 0.201 e. The molecule has 1 heterocycles. The summed E-state index contributed by atoms with van der Waals surface area (Å²) < 4.78 is 3.16. The zero-order chi connectivity index (χ0) is 13.7. The molecule has 0 aliphatic heterocycles. The molecule has 0 aliphatic carbocycles. The minimum atomic E-state index is 0.622. The van der Waals surface area contributed by atoms with E-state index in [1.165, 1.54) is 31.4 Å². The number of nitrogen functional groups attached to an aromatic ring is 1. The Hall–Kier alpha value is -0.680. The van der Waals surface area contributed by atoms with Crippen molar-refractivity contribution in [1.82, 2.24) is 9.55 Å². The van der Waals surface area contributed by atoms with Crippen LogP contribution in [0.4, 0.5) is 5.95 Å². The summed E-state index contributed by atoms with van der Waals surface area (Å²) in [5.41, 5.74) is 8.10. The van der Waals surface area contributed by atoms with Crippen molar-refractivity contribution >= 4 is 44.7 Å². The molecule has 2 aromatic rings. The molecular formula is C14H20BrN3S. The molecule has 2 N–H and O–H groups in total. The average molecular weight is 342 g/mol. The molecule has 0 amide bonds. The van der Waals surface area contributed by atoms with Gasteiger partial charge in [0, 0.05) is 11.0 Å². The monoisotopic (exact) mass is 341 g/mol. The lowest BCUT2D eigenvalue weighted by molar-refractivity contribution is 0.597. The number of aryl methyl sites for hydroxylation is 1. The van der Waals surface area contributed by atoms with Gasteiger partial charge >= 0.3 is 0 Å². The quantitative estimate of drug-likeness (QED) is 0.763. The normalized spacial score (nSPS) is 11.3. The highest BCUT2D eigenvalue weighted by atomic mass is 79.9. The first-order valence-corrected chi connectivity index (χ1v) is 8.81. The third-order valence-electron chi connectivity index (χ3n) is 3.22. The number of unbranched alkanes of at least 4 members (excludes halogenated alkanes) is 3. The van der Waals surface area contributed by atoms with E-state index in [1.54, 1.807) is 0 Å². The molecule has 0 radical (unpaired) electrons. The molecule has 0 unspecified atom stereocenters. The Balaban J connectivity index is 1.95. The van der Waals surface area contributed by atoms with E-state index in [2.05, 4.69) is 37.8 Å². The van der Waals surface area contributed by atoms with Crippen LogP contribution in [0, 0.1) is 0 Å². The number of hydrogen-bond acceptors (Lipinski definition) is 3. The van der Waals surface area contributed by atoms with Crippen LogP contribution in [0.3, 0.4) is 0 Å². The topological polar surface area (TPSA) is 43.8 Å². The Morgan fingerprint density at radius 2 is 2.05 bits per heavy atom. The van der Waals surface area contributed by atoms with Crippen LogP contribution in [-0.4, -0.2) is 21.6 Å². The molecule has 0 atom stereocenters. The number of benzene rings is 1. The van der Waals surface area contributed by atoms with Gasteiger partial charge in [0.15, 0.2) is 0 Å². The van der Waals surface area contributed by atoms with Crippen LogP contribution in [0.1, 0.15) is 25.7 Å². The molecule has 2 rings (SSSR count). The molecule has 0 spiro atoms. The van der Waals surface area contributed by atoms with E-state index in [-0.39, 0.29) is 0 Å². The average Bonchev–Trinajstić information content (AvgIpc) is 2.69. The van der Waals surface area contributed by atoms with Gasteiger partial charge in [0.25, 0.3) is 0 Å². The van der Waals surface area contributed by atoms with Gasteiger partial charge in [-0.1, -0.05) is 28.8 Å². The van der Waals surface area contributed by atoms with Crippen LogP contribution >= 0.6 is 27.7 Å². The predicted octanol–water partition coefficient (Wildman–Crippen LogP) is 4.30. The van der Waals surface area contributed by atoms with Crippen molar-refractivity contribution in [1.29, 1.82) is 0 Å². The van der Waals surface area contributed by atoms with Crippen LogP contribution in [-0.2, 0) is 6.54 Å². The third-order valence-corrected chi connectivity index (χ3v) is 4.41. The molecule has 0 fully saturated rings. The fraction of sp³-hybridized carbons (Fsp3) is 0.500. The summed E-state index contributed by atoms with van der Waals surface area (Å²) >= 11 is 5.39. The zero-order valence-electron chi connectivity index (χ0n) is 11.2. The largest absolute Gasteiger partial charge is 0.369 e. The number of nitrogens with two attached hydrogens (primary N) is 1. The van der Waals surface area contributed by atoms with Gasteiger partial charge in [0.1, 0.15) is 0 Å². The van der Waals surface area contributed by atoms with Gasteiger partial charge in [-0.25, -0.2) is 4.98 Å². The van der Waals surface area contributed by atoms with E-state index in [4.69, 9.17) is 5.73 Å². The number of fused-ring (bicyclic) bond motifs is 1. The molecule has 0 saturated heterocycles. The lowest BCUT2D eigenvalue weighted by Gasteiger charge is -2.06. The number of anilines is 1. The molecule has 0 aliphatic rings. The Kier molecular flexibility index (Phi) is 5.58. The SMILES string of the molecule is CSCCCCCCn1c(N)nc2cc(Br)ccc21. The number of halogens is 1. The van der Waals surface area contributed by atoms with E-state index in [1.807, 2.05) is 23.9 Å². The maximum Gasteiger partial charge on any atom is 0.201 e. The number of hydrogen-bond donors (Lipinski definition) is 1. The fourth-order valence-corrected chi connectivity index (χ4v) is 3.07. The van der Waals surface area contributed by atoms with Gasteiger partial charge in [-0.15, -0.1) is 0 Å². The van der Waals surface area contributed by atoms with Gasteiger partial charge in [0.05, 0.1) is 11.0 Å². The van der Waals surface area contributed by atoms with Crippen LogP contribution < -0.4 is 5.73 Å². The van der Waals surface area contributed by atoms with Gasteiger partial charge in [-0.3, -0.25) is 0 Å². The molecule has 3 nitrogen and oxygen atoms in total. The standard InChI is InChI=1S/C14H20BrN3S/c1-19-9-5-3-2-4-8-18-13-7-6-11(15)10-12(13)17-14(18)16/h6-7,10H,2-5,8-9H2,1H3,(H2,16,17). The van der Waals surface area contributed by atoms with E-state index in [0.29, 0.717) is 5.95 Å². The Morgan fingerprint density at radius 1 is 1.26 bits per heavy atom. The molecule has 1 aromatic heterocycles. The van der Waals surface area contributed by atoms with Crippen molar-refractivity contribution in [2.24, 2.45) is 0 Å². The summed E-state index contributed by atoms with van der Waals surface area (Å²) in [5, 5.41) is 0. The van der Waals surface area contributed by atoms with Crippen LogP contribution in [0.25, 0.3) is 11.0 Å². The summed E-state index contributed by atoms with van der Waals surface area (Å²) in [6.45, 7) is 0.962. The third kappa shape index (κ3) is 3.89. The lowest BCUT2D eigenvalue weighted by Crippen LogP contribution is -2.03. The molecular weight excluding hydrogens is 322 g/mol. The number of rotatable bonds is 7. The summed E-state index contributed by atoms with van der Waals surface area (Å²) in [5.74, 6) is 1.89. The lowest BCUT2D eigenvalue weighted by atomic mass is 10.2. The summed E-state index contributed by atoms with van der Waals surface area (Å²) in [4.78, 5) is 4.41. The highest BCUT2D eigenvalue weighted by Gasteiger charge is 2.07. The van der Waals surface area contributed by atoms with Gasteiger partial charge in [0.2, 0.25) is 5.95 Å². The molecule has 1 aromatic carbocycles. The first-order chi connectivity index (χ1) is 9.22. The van der Waals surface area contributed by atoms with Crippen LogP contribution in [0.5, 0.6) is 0 Å². The van der Waals surface area contributed by atoms with Crippen molar-refractivity contribution in [2.75, 3.05) is 17.7 Å². The molecule has 5 heteroatoms. The number of imidazole rings is 1. The number of thioether (sulfide) groups is 1. The second kappa shape index (κ2) is 7.20. The molecule has 0 bridgehead atoms. The number of nitrogens with zero attached hydrogens (tertiary/aromatic N) is 2. The van der Waals surface area contributed by atoms with E-state index in [0.717, 1.165) is 22.1 Å². The van der Waals surface area contributed by atoms with E-state index < -0.39 is 0 Å². The summed E-state index contributed by atoms with van der Waals surface area (Å²) in [6, 6.07) is 6.13. The molecule has 0 saturated carbocycles. The molecule has 19 heavy (non-hydrogen) atoms. The highest BCUT2D eigenvalue weighted by molar-refractivity contribution is 9.10. The first-order valence-electron chi connectivity index (χ1n) is 6.62. The summed E-state index contributed by atoms with van der Waals surface area (Å²) in [7, 11) is 0. The predicted molar refractivity (Wildman–Crippen MR) is 88.7 cm³/mol. The van der Waals surface area contributed by atoms with Crippen molar-refractivity contribution in [3.63, 3.8) is 0 Å². The first kappa shape index (κ1) is 14.7. The number of aromatic nitrogens is 2. The van der Waals surface area contributed by atoms with Crippen LogP contribution in [0.2, 0.25) is 0 Å². The Labute approximate surface area is 127 Å². The minimum absolute atomic E-state index is 0.622. The second-order valence-electron chi connectivity index (χ2n) is 4.66. The van der Waals surface area contributed by atoms with Crippen molar-refractivity contribution in [3.8, 4) is 0 Å². The summed E-state index contributed by atoms with van der Waals surface area (Å²) in [6.07, 6.45) is 7.21. The van der Waals surface area contributed by atoms with E-state index in [9.17, 15) is 0 Å². The Bertz CT molecular complexity index is 539. The maximum absolute atomic E-state index is 6.00. The maximum atomic E-state index is 6.00. The zero-order valence-corrected chi connectivity index (χ0v) is 13.6. The van der Waals surface area contributed by atoms with Gasteiger partial charge in [-0.05, 0) is 43.0 Å². The molecule has 104 valence electrons. The fourth-order valence-electron chi connectivity index (χ4n) is 2.23. The van der Waals surface area contributed by atoms with Crippen molar-refractivity contribution in [3.05, 3.63) is 22.7 Å².